The molecule has 0 saturated heterocycles. The maximum absolute atomic E-state index is 12.1. The Bertz CT molecular complexity index is 756. The van der Waals surface area contributed by atoms with Crippen LogP contribution in [0.5, 0.6) is 5.75 Å². The number of amides is 1. The minimum atomic E-state index is -0.259. The zero-order valence-electron chi connectivity index (χ0n) is 13.3. The maximum atomic E-state index is 12.1. The van der Waals surface area contributed by atoms with Crippen LogP contribution < -0.4 is 10.1 Å². The van der Waals surface area contributed by atoms with Gasteiger partial charge in [0, 0.05) is 9.26 Å². The van der Waals surface area contributed by atoms with Crippen LogP contribution >= 0.6 is 22.6 Å². The van der Waals surface area contributed by atoms with E-state index >= 15 is 0 Å². The number of nitrogens with one attached hydrogen (secondary N) is 1. The molecular formula is C18H18INO3. The summed E-state index contributed by atoms with van der Waals surface area (Å²) in [6.07, 6.45) is 0. The van der Waals surface area contributed by atoms with Crippen LogP contribution in [-0.2, 0) is 4.79 Å². The highest BCUT2D eigenvalue weighted by Gasteiger charge is 2.11. The van der Waals surface area contributed by atoms with Gasteiger partial charge in [0.25, 0.3) is 5.91 Å². The first-order valence-electron chi connectivity index (χ1n) is 7.17. The minimum absolute atomic E-state index is 0.0890. The summed E-state index contributed by atoms with van der Waals surface area (Å²) in [6, 6.07) is 11.1. The molecule has 1 amide bonds. The fraction of sp³-hybridized carbons (Fsp3) is 0.222. The molecule has 0 aliphatic heterocycles. The average Bonchev–Trinajstić information content (AvgIpc) is 2.48. The van der Waals surface area contributed by atoms with Gasteiger partial charge in [-0.1, -0.05) is 6.07 Å². The number of benzene rings is 2. The Labute approximate surface area is 149 Å². The second-order valence-corrected chi connectivity index (χ2v) is 6.60. The summed E-state index contributed by atoms with van der Waals surface area (Å²) in [5.74, 6) is 0.0891. The largest absolute Gasteiger partial charge is 0.483 e. The molecule has 0 fully saturated rings. The van der Waals surface area contributed by atoms with Crippen LogP contribution in [0, 0.1) is 17.4 Å². The first-order chi connectivity index (χ1) is 10.9. The number of rotatable bonds is 5. The van der Waals surface area contributed by atoms with Crippen LogP contribution in [0.4, 0.5) is 5.69 Å². The quantitative estimate of drug-likeness (QED) is 0.582. The van der Waals surface area contributed by atoms with Gasteiger partial charge in [0.15, 0.2) is 12.4 Å². The fourth-order valence-electron chi connectivity index (χ4n) is 2.14. The number of aryl methyl sites for hydroxylation is 2. The molecule has 0 bridgehead atoms. The number of ether oxygens (including phenoxy) is 1. The summed E-state index contributed by atoms with van der Waals surface area (Å²) >= 11 is 2.22. The molecule has 2 aromatic carbocycles. The molecule has 1 N–H and O–H groups in total. The summed E-state index contributed by atoms with van der Waals surface area (Å²) in [5, 5.41) is 2.82. The Morgan fingerprint density at radius 1 is 1.13 bits per heavy atom. The predicted octanol–water partition coefficient (Wildman–Crippen LogP) is 4.13. The van der Waals surface area contributed by atoms with Crippen LogP contribution in [0.25, 0.3) is 0 Å². The van der Waals surface area contributed by atoms with Crippen molar-refractivity contribution in [2.24, 2.45) is 0 Å². The second-order valence-electron chi connectivity index (χ2n) is 5.35. The molecule has 0 saturated carbocycles. The van der Waals surface area contributed by atoms with Crippen molar-refractivity contribution in [3.8, 4) is 5.75 Å². The van der Waals surface area contributed by atoms with E-state index in [2.05, 4.69) is 27.9 Å². The van der Waals surface area contributed by atoms with E-state index in [0.717, 1.165) is 20.4 Å². The van der Waals surface area contributed by atoms with Gasteiger partial charge in [-0.25, -0.2) is 0 Å². The van der Waals surface area contributed by atoms with E-state index in [4.69, 9.17) is 4.74 Å². The standard InChI is InChI=1S/C18H18INO3/c1-11-4-6-15(13(3)21)17(8-11)23-10-18(22)20-16-7-5-14(19)9-12(16)2/h4-9H,10H2,1-3H3,(H,20,22). The third-order valence-corrected chi connectivity index (χ3v) is 4.01. The lowest BCUT2D eigenvalue weighted by atomic mass is 10.1. The lowest BCUT2D eigenvalue weighted by Gasteiger charge is -2.12. The highest BCUT2D eigenvalue weighted by Crippen LogP contribution is 2.21. The molecule has 0 heterocycles. The van der Waals surface area contributed by atoms with Crippen molar-refractivity contribution >= 4 is 40.0 Å². The molecule has 120 valence electrons. The first kappa shape index (κ1) is 17.5. The minimum Gasteiger partial charge on any atom is -0.483 e. The van der Waals surface area contributed by atoms with Crippen molar-refractivity contribution in [3.05, 3.63) is 56.7 Å². The Hall–Kier alpha value is -1.89. The van der Waals surface area contributed by atoms with Crippen molar-refractivity contribution in [3.63, 3.8) is 0 Å². The van der Waals surface area contributed by atoms with Crippen LogP contribution in [0.15, 0.2) is 36.4 Å². The van der Waals surface area contributed by atoms with Crippen LogP contribution in [0.3, 0.4) is 0 Å². The van der Waals surface area contributed by atoms with Crippen molar-refractivity contribution in [1.29, 1.82) is 0 Å². The molecule has 2 rings (SSSR count). The number of hydrogen-bond donors (Lipinski definition) is 1. The van der Waals surface area contributed by atoms with Gasteiger partial charge in [-0.15, -0.1) is 0 Å². The second kappa shape index (κ2) is 7.59. The smallest absolute Gasteiger partial charge is 0.262 e. The summed E-state index contributed by atoms with van der Waals surface area (Å²) in [6.45, 7) is 5.18. The Morgan fingerprint density at radius 2 is 1.87 bits per heavy atom. The van der Waals surface area contributed by atoms with Crippen molar-refractivity contribution in [1.82, 2.24) is 0 Å². The molecule has 0 aromatic heterocycles. The summed E-state index contributed by atoms with van der Waals surface area (Å²) < 4.78 is 6.65. The molecular weight excluding hydrogens is 405 g/mol. The van der Waals surface area contributed by atoms with Crippen LogP contribution in [-0.4, -0.2) is 18.3 Å². The number of hydrogen-bond acceptors (Lipinski definition) is 3. The topological polar surface area (TPSA) is 55.4 Å². The van der Waals surface area contributed by atoms with Gasteiger partial charge in [-0.3, -0.25) is 9.59 Å². The number of halogens is 1. The van der Waals surface area contributed by atoms with E-state index in [0.29, 0.717) is 11.3 Å². The Morgan fingerprint density at radius 3 is 2.52 bits per heavy atom. The molecule has 0 aliphatic carbocycles. The number of Topliss-reactive ketones (excluding diaryl/α,β-unsaturated/α-hetero) is 1. The molecule has 23 heavy (non-hydrogen) atoms. The van der Waals surface area contributed by atoms with Gasteiger partial charge >= 0.3 is 0 Å². The van der Waals surface area contributed by atoms with Crippen molar-refractivity contribution < 1.29 is 14.3 Å². The van der Waals surface area contributed by atoms with E-state index in [-0.39, 0.29) is 18.3 Å². The van der Waals surface area contributed by atoms with Crippen molar-refractivity contribution in [2.45, 2.75) is 20.8 Å². The lowest BCUT2D eigenvalue weighted by molar-refractivity contribution is -0.118. The van der Waals surface area contributed by atoms with E-state index in [1.165, 1.54) is 6.92 Å². The third kappa shape index (κ3) is 4.79. The zero-order chi connectivity index (χ0) is 17.0. The number of carbonyl (C=O) groups is 2. The molecule has 0 aliphatic rings. The maximum Gasteiger partial charge on any atom is 0.262 e. The monoisotopic (exact) mass is 423 g/mol. The van der Waals surface area contributed by atoms with E-state index in [1.54, 1.807) is 12.1 Å². The number of carbonyl (C=O) groups excluding carboxylic acids is 2. The van der Waals surface area contributed by atoms with Gasteiger partial charge < -0.3 is 10.1 Å². The molecule has 0 spiro atoms. The van der Waals surface area contributed by atoms with Crippen molar-refractivity contribution in [2.75, 3.05) is 11.9 Å². The molecule has 5 heteroatoms. The zero-order valence-corrected chi connectivity index (χ0v) is 15.4. The van der Waals surface area contributed by atoms with Gasteiger partial charge in [0.05, 0.1) is 5.56 Å². The predicted molar refractivity (Wildman–Crippen MR) is 99.2 cm³/mol. The summed E-state index contributed by atoms with van der Waals surface area (Å²) in [4.78, 5) is 23.7. The highest BCUT2D eigenvalue weighted by atomic mass is 127. The van der Waals surface area contributed by atoms with Gasteiger partial charge in [-0.2, -0.15) is 0 Å². The highest BCUT2D eigenvalue weighted by molar-refractivity contribution is 14.1. The molecule has 2 aromatic rings. The van der Waals surface area contributed by atoms with Crippen LogP contribution in [0.2, 0.25) is 0 Å². The van der Waals surface area contributed by atoms with E-state index in [9.17, 15) is 9.59 Å². The third-order valence-electron chi connectivity index (χ3n) is 3.34. The molecule has 0 unspecified atom stereocenters. The van der Waals surface area contributed by atoms with Gasteiger partial charge in [-0.05, 0) is 84.8 Å². The number of anilines is 1. The average molecular weight is 423 g/mol. The van der Waals surface area contributed by atoms with Gasteiger partial charge in [0.1, 0.15) is 5.75 Å². The SMILES string of the molecule is CC(=O)c1ccc(C)cc1OCC(=O)Nc1ccc(I)cc1C. The Balaban J connectivity index is 2.05. The first-order valence-corrected chi connectivity index (χ1v) is 8.25. The van der Waals surface area contributed by atoms with Crippen LogP contribution in [0.1, 0.15) is 28.4 Å². The lowest BCUT2D eigenvalue weighted by Crippen LogP contribution is -2.21. The summed E-state index contributed by atoms with van der Waals surface area (Å²) in [7, 11) is 0. The summed E-state index contributed by atoms with van der Waals surface area (Å²) in [5.41, 5.74) is 3.20. The Kier molecular flexibility index (Phi) is 5.76. The fourth-order valence-corrected chi connectivity index (χ4v) is 2.78. The van der Waals surface area contributed by atoms with E-state index in [1.807, 2.05) is 38.1 Å². The van der Waals surface area contributed by atoms with E-state index < -0.39 is 0 Å². The van der Waals surface area contributed by atoms with Gasteiger partial charge in [0.2, 0.25) is 0 Å². The molecule has 4 nitrogen and oxygen atoms in total. The molecule has 0 atom stereocenters. The normalized spacial score (nSPS) is 10.3. The molecule has 0 radical (unpaired) electrons. The number of ketones is 1.